The zero-order chi connectivity index (χ0) is 17.2. The Morgan fingerprint density at radius 2 is 1.88 bits per heavy atom. The van der Waals surface area contributed by atoms with Gasteiger partial charge >= 0.3 is 0 Å². The minimum atomic E-state index is -0.898. The van der Waals surface area contributed by atoms with Gasteiger partial charge in [0.2, 0.25) is 0 Å². The Morgan fingerprint density at radius 1 is 1.21 bits per heavy atom. The summed E-state index contributed by atoms with van der Waals surface area (Å²) in [5.74, 6) is 0. The van der Waals surface area contributed by atoms with E-state index in [0.717, 1.165) is 24.9 Å². The number of aliphatic hydroxyl groups is 1. The van der Waals surface area contributed by atoms with Crippen molar-refractivity contribution in [3.63, 3.8) is 0 Å². The maximum Gasteiger partial charge on any atom is 0.251 e. The van der Waals surface area contributed by atoms with Crippen LogP contribution in [-0.2, 0) is 6.54 Å². The van der Waals surface area contributed by atoms with Gasteiger partial charge in [0.15, 0.2) is 6.29 Å². The van der Waals surface area contributed by atoms with Crippen molar-refractivity contribution < 1.29 is 9.90 Å². The van der Waals surface area contributed by atoms with Gasteiger partial charge in [0, 0.05) is 30.9 Å². The molecule has 3 rings (SSSR count). The molecule has 0 aliphatic carbocycles. The van der Waals surface area contributed by atoms with Gasteiger partial charge in [-0.05, 0) is 31.0 Å². The smallest absolute Gasteiger partial charge is 0.251 e. The SMILES string of the molecule is CN1CCC(O)(Cn2cc(C=O)c(-c3ccccc3)cc2=O)CC1. The van der Waals surface area contributed by atoms with Gasteiger partial charge in [0.25, 0.3) is 5.56 Å². The summed E-state index contributed by atoms with van der Waals surface area (Å²) in [7, 11) is 2.02. The largest absolute Gasteiger partial charge is 0.388 e. The van der Waals surface area contributed by atoms with E-state index < -0.39 is 5.60 Å². The number of likely N-dealkylation sites (tertiary alicyclic amines) is 1. The van der Waals surface area contributed by atoms with E-state index in [-0.39, 0.29) is 12.1 Å². The van der Waals surface area contributed by atoms with Crippen LogP contribution in [0, 0.1) is 0 Å². The van der Waals surface area contributed by atoms with Crippen molar-refractivity contribution in [2.24, 2.45) is 0 Å². The van der Waals surface area contributed by atoms with Crippen LogP contribution in [0.2, 0.25) is 0 Å². The summed E-state index contributed by atoms with van der Waals surface area (Å²) < 4.78 is 1.46. The Balaban J connectivity index is 1.93. The predicted octanol–water partition coefficient (Wildman–Crippen LogP) is 1.78. The van der Waals surface area contributed by atoms with Gasteiger partial charge in [-0.3, -0.25) is 9.59 Å². The molecule has 1 aliphatic rings. The van der Waals surface area contributed by atoms with Crippen molar-refractivity contribution in [1.29, 1.82) is 0 Å². The predicted molar refractivity (Wildman–Crippen MR) is 93.2 cm³/mol. The van der Waals surface area contributed by atoms with Gasteiger partial charge in [-0.15, -0.1) is 0 Å². The van der Waals surface area contributed by atoms with Crippen molar-refractivity contribution in [3.8, 4) is 11.1 Å². The Bertz CT molecular complexity index is 775. The molecule has 5 heteroatoms. The first-order valence-electron chi connectivity index (χ1n) is 8.17. The van der Waals surface area contributed by atoms with Crippen LogP contribution in [0.1, 0.15) is 23.2 Å². The maximum atomic E-state index is 12.5. The fourth-order valence-corrected chi connectivity index (χ4v) is 3.19. The Kier molecular flexibility index (Phi) is 4.64. The quantitative estimate of drug-likeness (QED) is 0.870. The minimum Gasteiger partial charge on any atom is -0.388 e. The molecule has 1 N–H and O–H groups in total. The monoisotopic (exact) mass is 326 g/mol. The first-order valence-corrected chi connectivity index (χ1v) is 8.17. The van der Waals surface area contributed by atoms with Gasteiger partial charge < -0.3 is 14.6 Å². The zero-order valence-electron chi connectivity index (χ0n) is 13.8. The van der Waals surface area contributed by atoms with Gasteiger partial charge in [-0.2, -0.15) is 0 Å². The van der Waals surface area contributed by atoms with E-state index in [1.165, 1.54) is 10.6 Å². The summed E-state index contributed by atoms with van der Waals surface area (Å²) in [5.41, 5.74) is 0.818. The highest BCUT2D eigenvalue weighted by molar-refractivity contribution is 5.86. The van der Waals surface area contributed by atoms with Gasteiger partial charge in [-0.25, -0.2) is 0 Å². The molecular weight excluding hydrogens is 304 g/mol. The van der Waals surface area contributed by atoms with E-state index in [0.29, 0.717) is 24.0 Å². The second kappa shape index (κ2) is 6.71. The molecule has 2 aromatic rings. The normalized spacial score (nSPS) is 17.6. The number of benzene rings is 1. The molecule has 0 bridgehead atoms. The minimum absolute atomic E-state index is 0.202. The number of aldehydes is 1. The zero-order valence-corrected chi connectivity index (χ0v) is 13.8. The number of carbonyl (C=O) groups is 1. The van der Waals surface area contributed by atoms with Crippen LogP contribution in [-0.4, -0.2) is 46.6 Å². The van der Waals surface area contributed by atoms with Crippen molar-refractivity contribution in [2.75, 3.05) is 20.1 Å². The van der Waals surface area contributed by atoms with Crippen LogP contribution in [0.3, 0.4) is 0 Å². The fraction of sp³-hybridized carbons (Fsp3) is 0.368. The van der Waals surface area contributed by atoms with E-state index in [2.05, 4.69) is 4.90 Å². The number of aromatic nitrogens is 1. The first-order chi connectivity index (χ1) is 11.5. The van der Waals surface area contributed by atoms with Crippen LogP contribution in [0.4, 0.5) is 0 Å². The topological polar surface area (TPSA) is 62.5 Å². The molecule has 24 heavy (non-hydrogen) atoms. The Hall–Kier alpha value is -2.24. The second-order valence-corrected chi connectivity index (χ2v) is 6.62. The number of rotatable bonds is 4. The third kappa shape index (κ3) is 3.47. The molecule has 126 valence electrons. The molecule has 0 saturated carbocycles. The lowest BCUT2D eigenvalue weighted by atomic mass is 9.91. The molecule has 0 spiro atoms. The summed E-state index contributed by atoms with van der Waals surface area (Å²) in [4.78, 5) is 26.1. The molecule has 0 amide bonds. The van der Waals surface area contributed by atoms with E-state index in [1.54, 1.807) is 6.20 Å². The fourth-order valence-electron chi connectivity index (χ4n) is 3.19. The van der Waals surface area contributed by atoms with Gasteiger partial charge in [-0.1, -0.05) is 30.3 Å². The molecule has 1 aromatic carbocycles. The number of hydrogen-bond acceptors (Lipinski definition) is 4. The molecule has 1 aromatic heterocycles. The number of carbonyl (C=O) groups excluding carboxylic acids is 1. The molecule has 0 unspecified atom stereocenters. The summed E-state index contributed by atoms with van der Waals surface area (Å²) >= 11 is 0. The second-order valence-electron chi connectivity index (χ2n) is 6.62. The van der Waals surface area contributed by atoms with Gasteiger partial charge in [0.05, 0.1) is 12.1 Å². The lowest BCUT2D eigenvalue weighted by molar-refractivity contribution is -0.0297. The first kappa shape index (κ1) is 16.6. The molecule has 1 aliphatic heterocycles. The highest BCUT2D eigenvalue weighted by atomic mass is 16.3. The van der Waals surface area contributed by atoms with Gasteiger partial charge in [0.1, 0.15) is 0 Å². The Morgan fingerprint density at radius 3 is 2.50 bits per heavy atom. The van der Waals surface area contributed by atoms with Crippen molar-refractivity contribution in [3.05, 3.63) is 58.5 Å². The number of pyridine rings is 1. The third-order valence-corrected chi connectivity index (χ3v) is 4.75. The van der Waals surface area contributed by atoms with Crippen LogP contribution >= 0.6 is 0 Å². The van der Waals surface area contributed by atoms with Crippen LogP contribution in [0.5, 0.6) is 0 Å². The molecule has 5 nitrogen and oxygen atoms in total. The molecule has 0 radical (unpaired) electrons. The highest BCUT2D eigenvalue weighted by Gasteiger charge is 2.32. The van der Waals surface area contributed by atoms with E-state index in [1.807, 2.05) is 37.4 Å². The lowest BCUT2D eigenvalue weighted by Gasteiger charge is -2.36. The van der Waals surface area contributed by atoms with Crippen LogP contribution in [0.25, 0.3) is 11.1 Å². The van der Waals surface area contributed by atoms with Crippen molar-refractivity contribution >= 4 is 6.29 Å². The average Bonchev–Trinajstić information content (AvgIpc) is 2.60. The highest BCUT2D eigenvalue weighted by Crippen LogP contribution is 2.25. The molecule has 0 atom stereocenters. The summed E-state index contributed by atoms with van der Waals surface area (Å²) in [6.07, 6.45) is 3.56. The summed E-state index contributed by atoms with van der Waals surface area (Å²) in [6.45, 7) is 1.82. The van der Waals surface area contributed by atoms with Crippen molar-refractivity contribution in [1.82, 2.24) is 9.47 Å². The van der Waals surface area contributed by atoms with Crippen LogP contribution in [0.15, 0.2) is 47.4 Å². The van der Waals surface area contributed by atoms with E-state index >= 15 is 0 Å². The molecule has 2 heterocycles. The standard InChI is InChI=1S/C19H22N2O3/c1-20-9-7-19(24,8-10-20)14-21-12-16(13-22)17(11-18(21)23)15-5-3-2-4-6-15/h2-6,11-13,24H,7-10,14H2,1H3. The number of hydrogen-bond donors (Lipinski definition) is 1. The summed E-state index contributed by atoms with van der Waals surface area (Å²) in [6, 6.07) is 10.9. The Labute approximate surface area is 141 Å². The molecular formula is C19H22N2O3. The lowest BCUT2D eigenvalue weighted by Crippen LogP contribution is -2.46. The average molecular weight is 326 g/mol. The molecule has 1 saturated heterocycles. The third-order valence-electron chi connectivity index (χ3n) is 4.75. The van der Waals surface area contributed by atoms with E-state index in [9.17, 15) is 14.7 Å². The maximum absolute atomic E-state index is 12.5. The van der Waals surface area contributed by atoms with Crippen LogP contribution < -0.4 is 5.56 Å². The molecule has 1 fully saturated rings. The van der Waals surface area contributed by atoms with Crippen molar-refractivity contribution in [2.45, 2.75) is 25.0 Å². The summed E-state index contributed by atoms with van der Waals surface area (Å²) in [5, 5.41) is 10.7. The van der Waals surface area contributed by atoms with E-state index in [4.69, 9.17) is 0 Å². The number of piperidine rings is 1. The number of nitrogens with zero attached hydrogens (tertiary/aromatic N) is 2.